The lowest BCUT2D eigenvalue weighted by atomic mass is 10.1. The van der Waals surface area contributed by atoms with Gasteiger partial charge in [0.15, 0.2) is 0 Å². The van der Waals surface area contributed by atoms with Crippen molar-refractivity contribution < 1.29 is 9.21 Å². The number of carbonyl (C=O) groups excluding carboxylic acids is 1. The molecule has 0 unspecified atom stereocenters. The van der Waals surface area contributed by atoms with E-state index in [2.05, 4.69) is 34.6 Å². The van der Waals surface area contributed by atoms with Gasteiger partial charge in [0.05, 0.1) is 5.69 Å². The molecule has 5 heteroatoms. The molecular formula is C28H28N2O2S. The van der Waals surface area contributed by atoms with E-state index in [4.69, 9.17) is 4.42 Å². The van der Waals surface area contributed by atoms with E-state index in [-0.39, 0.29) is 11.9 Å². The highest BCUT2D eigenvalue weighted by atomic mass is 32.2. The van der Waals surface area contributed by atoms with Gasteiger partial charge >= 0.3 is 0 Å². The fourth-order valence-corrected chi connectivity index (χ4v) is 4.45. The third-order valence-electron chi connectivity index (χ3n) is 5.49. The Labute approximate surface area is 199 Å². The highest BCUT2D eigenvalue weighted by molar-refractivity contribution is 7.98. The van der Waals surface area contributed by atoms with E-state index in [9.17, 15) is 4.79 Å². The summed E-state index contributed by atoms with van der Waals surface area (Å²) in [7, 11) is 0. The number of oxazole rings is 1. The second kappa shape index (κ2) is 11.0. The van der Waals surface area contributed by atoms with Crippen LogP contribution in [0.4, 0.5) is 0 Å². The van der Waals surface area contributed by atoms with Gasteiger partial charge in [-0.1, -0.05) is 48.5 Å². The van der Waals surface area contributed by atoms with Crippen molar-refractivity contribution in [3.8, 4) is 11.5 Å². The molecule has 1 heterocycles. The number of nitrogens with one attached hydrogen (secondary N) is 1. The van der Waals surface area contributed by atoms with Crippen molar-refractivity contribution in [1.29, 1.82) is 0 Å². The van der Waals surface area contributed by atoms with Crippen LogP contribution in [0.15, 0.2) is 94.2 Å². The van der Waals surface area contributed by atoms with E-state index in [0.717, 1.165) is 35.6 Å². The van der Waals surface area contributed by atoms with E-state index in [1.165, 1.54) is 10.5 Å². The predicted octanol–water partition coefficient (Wildman–Crippen LogP) is 6.69. The van der Waals surface area contributed by atoms with E-state index >= 15 is 0 Å². The number of carbonyl (C=O) groups is 1. The number of benzene rings is 3. The first-order chi connectivity index (χ1) is 16.1. The Hall–Kier alpha value is -3.31. The van der Waals surface area contributed by atoms with Crippen LogP contribution < -0.4 is 5.32 Å². The van der Waals surface area contributed by atoms with Crippen LogP contribution >= 0.6 is 11.8 Å². The van der Waals surface area contributed by atoms with Crippen LogP contribution in [0.25, 0.3) is 11.5 Å². The Balaban J connectivity index is 1.33. The van der Waals surface area contributed by atoms with Crippen molar-refractivity contribution in [2.45, 2.75) is 43.4 Å². The van der Waals surface area contributed by atoms with Crippen molar-refractivity contribution >= 4 is 17.7 Å². The standard InChI is InChI=1S/C28H28N2O2S/c1-20(13-14-22-9-5-3-6-10-22)29-27(31)23-15-17-24(18-16-23)28-30-26(21(2)32-28)19-33-25-11-7-4-8-12-25/h3-12,15-18,20H,13-14,19H2,1-2H3,(H,29,31)/t20-/m1/s1. The Morgan fingerprint density at radius 2 is 1.64 bits per heavy atom. The molecule has 33 heavy (non-hydrogen) atoms. The second-order valence-electron chi connectivity index (χ2n) is 8.10. The molecule has 4 aromatic rings. The molecule has 0 saturated heterocycles. The van der Waals surface area contributed by atoms with Gasteiger partial charge in [0.25, 0.3) is 5.91 Å². The maximum absolute atomic E-state index is 12.6. The fraction of sp³-hybridized carbons (Fsp3) is 0.214. The van der Waals surface area contributed by atoms with Crippen molar-refractivity contribution in [2.24, 2.45) is 0 Å². The number of aromatic nitrogens is 1. The zero-order valence-electron chi connectivity index (χ0n) is 19.0. The SMILES string of the molecule is Cc1oc(-c2ccc(C(=O)N[C@H](C)CCc3ccccc3)cc2)nc1CSc1ccccc1. The minimum absolute atomic E-state index is 0.0642. The summed E-state index contributed by atoms with van der Waals surface area (Å²) in [6.07, 6.45) is 1.84. The Morgan fingerprint density at radius 1 is 0.970 bits per heavy atom. The molecule has 0 aliphatic carbocycles. The van der Waals surface area contributed by atoms with Gasteiger partial charge in [-0.25, -0.2) is 4.98 Å². The highest BCUT2D eigenvalue weighted by Gasteiger charge is 2.14. The Kier molecular flexibility index (Phi) is 7.63. The lowest BCUT2D eigenvalue weighted by Crippen LogP contribution is -2.32. The first kappa shape index (κ1) is 22.9. The quantitative estimate of drug-likeness (QED) is 0.285. The molecule has 4 rings (SSSR count). The molecule has 4 nitrogen and oxygen atoms in total. The number of hydrogen-bond donors (Lipinski definition) is 1. The average molecular weight is 457 g/mol. The molecule has 168 valence electrons. The van der Waals surface area contributed by atoms with E-state index < -0.39 is 0 Å². The summed E-state index contributed by atoms with van der Waals surface area (Å²) in [5, 5.41) is 3.09. The Morgan fingerprint density at radius 3 is 2.33 bits per heavy atom. The lowest BCUT2D eigenvalue weighted by molar-refractivity contribution is 0.0938. The smallest absolute Gasteiger partial charge is 0.251 e. The molecule has 1 aromatic heterocycles. The van der Waals surface area contributed by atoms with Crippen LogP contribution in [0.2, 0.25) is 0 Å². The molecule has 0 radical (unpaired) electrons. The van der Waals surface area contributed by atoms with Crippen LogP contribution in [0.5, 0.6) is 0 Å². The number of thioether (sulfide) groups is 1. The third-order valence-corrected chi connectivity index (χ3v) is 6.52. The van der Waals surface area contributed by atoms with Crippen LogP contribution in [-0.4, -0.2) is 16.9 Å². The average Bonchev–Trinajstić information content (AvgIpc) is 3.23. The first-order valence-electron chi connectivity index (χ1n) is 11.2. The van der Waals surface area contributed by atoms with Crippen molar-refractivity contribution in [2.75, 3.05) is 0 Å². The third kappa shape index (κ3) is 6.36. The van der Waals surface area contributed by atoms with Crippen LogP contribution in [0.3, 0.4) is 0 Å². The molecule has 0 bridgehead atoms. The minimum atomic E-state index is -0.0642. The molecule has 0 aliphatic heterocycles. The molecule has 3 aromatic carbocycles. The number of hydrogen-bond acceptors (Lipinski definition) is 4. The summed E-state index contributed by atoms with van der Waals surface area (Å²) in [5.74, 6) is 2.09. The fourth-order valence-electron chi connectivity index (χ4n) is 3.53. The maximum atomic E-state index is 12.6. The summed E-state index contributed by atoms with van der Waals surface area (Å²) in [6.45, 7) is 3.98. The monoisotopic (exact) mass is 456 g/mol. The molecule has 1 N–H and O–H groups in total. The van der Waals surface area contributed by atoms with Crippen molar-refractivity contribution in [3.63, 3.8) is 0 Å². The van der Waals surface area contributed by atoms with Crippen LogP contribution in [0.1, 0.15) is 40.7 Å². The summed E-state index contributed by atoms with van der Waals surface area (Å²) < 4.78 is 5.90. The predicted molar refractivity (Wildman–Crippen MR) is 134 cm³/mol. The number of aryl methyl sites for hydroxylation is 2. The van der Waals surface area contributed by atoms with E-state index in [1.807, 2.05) is 74.5 Å². The summed E-state index contributed by atoms with van der Waals surface area (Å²) in [4.78, 5) is 18.5. The molecular weight excluding hydrogens is 428 g/mol. The summed E-state index contributed by atoms with van der Waals surface area (Å²) in [5.41, 5.74) is 3.72. The van der Waals surface area contributed by atoms with E-state index in [0.29, 0.717) is 11.5 Å². The highest BCUT2D eigenvalue weighted by Crippen LogP contribution is 2.27. The van der Waals surface area contributed by atoms with Gasteiger partial charge < -0.3 is 9.73 Å². The lowest BCUT2D eigenvalue weighted by Gasteiger charge is -2.14. The van der Waals surface area contributed by atoms with E-state index in [1.54, 1.807) is 11.8 Å². The molecule has 1 atom stereocenters. The number of nitrogens with zero attached hydrogens (tertiary/aromatic N) is 1. The topological polar surface area (TPSA) is 55.1 Å². The van der Waals surface area contributed by atoms with Gasteiger partial charge in [0.2, 0.25) is 5.89 Å². The molecule has 0 saturated carbocycles. The Bertz CT molecular complexity index is 1170. The van der Waals surface area contributed by atoms with Gasteiger partial charge in [0, 0.05) is 27.8 Å². The van der Waals surface area contributed by atoms with Gasteiger partial charge in [-0.15, -0.1) is 11.8 Å². The van der Waals surface area contributed by atoms with Gasteiger partial charge in [-0.05, 0) is 68.7 Å². The second-order valence-corrected chi connectivity index (χ2v) is 9.15. The van der Waals surface area contributed by atoms with Crippen molar-refractivity contribution in [3.05, 3.63) is 108 Å². The van der Waals surface area contributed by atoms with Crippen LogP contribution in [0, 0.1) is 6.92 Å². The summed E-state index contributed by atoms with van der Waals surface area (Å²) >= 11 is 1.74. The number of rotatable bonds is 9. The van der Waals surface area contributed by atoms with Crippen molar-refractivity contribution in [1.82, 2.24) is 10.3 Å². The van der Waals surface area contributed by atoms with Gasteiger partial charge in [-0.2, -0.15) is 0 Å². The molecule has 1 amide bonds. The molecule has 0 aliphatic rings. The molecule has 0 spiro atoms. The molecule has 0 fully saturated rings. The van der Waals surface area contributed by atoms with Gasteiger partial charge in [-0.3, -0.25) is 4.79 Å². The maximum Gasteiger partial charge on any atom is 0.251 e. The first-order valence-corrected chi connectivity index (χ1v) is 12.2. The normalized spacial score (nSPS) is 11.8. The summed E-state index contributed by atoms with van der Waals surface area (Å²) in [6, 6.07) is 28.1. The largest absolute Gasteiger partial charge is 0.441 e. The van der Waals surface area contributed by atoms with Gasteiger partial charge in [0.1, 0.15) is 5.76 Å². The van der Waals surface area contributed by atoms with Crippen LogP contribution in [-0.2, 0) is 12.2 Å². The number of amides is 1. The zero-order valence-corrected chi connectivity index (χ0v) is 19.8. The minimum Gasteiger partial charge on any atom is -0.441 e. The zero-order chi connectivity index (χ0) is 23.0.